The van der Waals surface area contributed by atoms with Crippen molar-refractivity contribution < 1.29 is 27.5 Å². The molecule has 2 aromatic rings. The molecule has 9 nitrogen and oxygen atoms in total. The number of nitrogens with one attached hydrogen (secondary N) is 2. The van der Waals surface area contributed by atoms with Gasteiger partial charge in [-0.15, -0.1) is 0 Å². The average Bonchev–Trinajstić information content (AvgIpc) is 3.26. The Hall–Kier alpha value is -2.95. The van der Waals surface area contributed by atoms with E-state index in [0.717, 1.165) is 17.7 Å². The molecule has 1 saturated heterocycles. The molecule has 2 aliphatic heterocycles. The lowest BCUT2D eigenvalue weighted by Gasteiger charge is -2.26. The molecule has 2 N–H and O–H groups in total. The predicted octanol–water partition coefficient (Wildman–Crippen LogP) is 0.717. The molecule has 2 amide bonds. The number of fused-ring (bicyclic) bond motifs is 1. The van der Waals surface area contributed by atoms with Crippen LogP contribution in [0, 0.1) is 0 Å². The Morgan fingerprint density at radius 1 is 0.900 bits per heavy atom. The van der Waals surface area contributed by atoms with Crippen molar-refractivity contribution in [2.24, 2.45) is 0 Å². The van der Waals surface area contributed by atoms with E-state index in [9.17, 15) is 18.0 Å². The molecule has 0 aliphatic carbocycles. The number of amides is 2. The van der Waals surface area contributed by atoms with Crippen LogP contribution in [0.1, 0.15) is 26.3 Å². The fourth-order valence-corrected chi connectivity index (χ4v) is 4.77. The van der Waals surface area contributed by atoms with Crippen molar-refractivity contribution in [3.05, 3.63) is 59.2 Å². The Kier molecular flexibility index (Phi) is 5.71. The highest BCUT2D eigenvalue weighted by molar-refractivity contribution is 7.89. The number of hydrogen-bond donors (Lipinski definition) is 2. The van der Waals surface area contributed by atoms with Crippen LogP contribution >= 0.6 is 0 Å². The minimum Gasteiger partial charge on any atom is -0.493 e. The van der Waals surface area contributed by atoms with Crippen LogP contribution < -0.4 is 15.6 Å². The lowest BCUT2D eigenvalue weighted by atomic mass is 10.1. The highest BCUT2D eigenvalue weighted by Gasteiger charge is 2.27. The number of carbonyl (C=O) groups excluding carboxylic acids is 2. The molecule has 0 atom stereocenters. The van der Waals surface area contributed by atoms with Crippen molar-refractivity contribution in [3.63, 3.8) is 0 Å². The molecule has 2 aromatic carbocycles. The number of rotatable bonds is 4. The molecule has 2 aliphatic rings. The Labute approximate surface area is 174 Å². The number of sulfonamides is 1. The van der Waals surface area contributed by atoms with E-state index >= 15 is 0 Å². The Balaban J connectivity index is 1.42. The molecule has 4 rings (SSSR count). The summed E-state index contributed by atoms with van der Waals surface area (Å²) in [4.78, 5) is 24.8. The maximum Gasteiger partial charge on any atom is 0.269 e. The third-order valence-electron chi connectivity index (χ3n) is 4.95. The Morgan fingerprint density at radius 3 is 2.33 bits per heavy atom. The first-order valence-electron chi connectivity index (χ1n) is 9.49. The van der Waals surface area contributed by atoms with Crippen LogP contribution in [0.3, 0.4) is 0 Å². The summed E-state index contributed by atoms with van der Waals surface area (Å²) in [5.74, 6) is -0.337. The zero-order chi connectivity index (χ0) is 21.1. The fourth-order valence-electron chi connectivity index (χ4n) is 3.32. The standard InChI is InChI=1S/C20H21N3O6S/c24-19(21-22-20(25)16-4-5-18-14(12-16)6-9-29-18)15-2-1-3-17(13-15)30(26,27)23-7-10-28-11-8-23/h1-5,12-13H,6-11H2,(H,21,24)(H,22,25). The number of hydrogen-bond acceptors (Lipinski definition) is 6. The van der Waals surface area contributed by atoms with Crippen molar-refractivity contribution in [1.82, 2.24) is 15.2 Å². The lowest BCUT2D eigenvalue weighted by molar-refractivity contribution is 0.0730. The molecule has 0 unspecified atom stereocenters. The van der Waals surface area contributed by atoms with E-state index in [0.29, 0.717) is 25.4 Å². The van der Waals surface area contributed by atoms with Crippen LogP contribution in [0.2, 0.25) is 0 Å². The molecule has 2 heterocycles. The minimum absolute atomic E-state index is 0.0157. The van der Waals surface area contributed by atoms with Crippen molar-refractivity contribution in [3.8, 4) is 5.75 Å². The summed E-state index contributed by atoms with van der Waals surface area (Å²) < 4.78 is 37.5. The van der Waals surface area contributed by atoms with Gasteiger partial charge in [-0.3, -0.25) is 20.4 Å². The molecule has 0 radical (unpaired) electrons. The van der Waals surface area contributed by atoms with Gasteiger partial charge >= 0.3 is 0 Å². The number of carbonyl (C=O) groups is 2. The molecule has 0 spiro atoms. The molecule has 0 bridgehead atoms. The van der Waals surface area contributed by atoms with E-state index in [2.05, 4.69) is 10.9 Å². The first-order valence-corrected chi connectivity index (χ1v) is 10.9. The van der Waals surface area contributed by atoms with Crippen LogP contribution in [0.4, 0.5) is 0 Å². The number of benzene rings is 2. The van der Waals surface area contributed by atoms with Crippen molar-refractivity contribution in [2.75, 3.05) is 32.9 Å². The highest BCUT2D eigenvalue weighted by atomic mass is 32.2. The summed E-state index contributed by atoms with van der Waals surface area (Å²) in [6.07, 6.45) is 0.729. The van der Waals surface area contributed by atoms with Gasteiger partial charge in [-0.1, -0.05) is 6.07 Å². The van der Waals surface area contributed by atoms with Crippen LogP contribution in [0.5, 0.6) is 5.75 Å². The topological polar surface area (TPSA) is 114 Å². The first kappa shape index (κ1) is 20.3. The van der Waals surface area contributed by atoms with E-state index < -0.39 is 21.8 Å². The number of morpholine rings is 1. The third kappa shape index (κ3) is 4.16. The normalized spacial score (nSPS) is 16.4. The molecule has 30 heavy (non-hydrogen) atoms. The van der Waals surface area contributed by atoms with Gasteiger partial charge in [0.25, 0.3) is 11.8 Å². The summed E-state index contributed by atoms with van der Waals surface area (Å²) in [5.41, 5.74) is 6.13. The summed E-state index contributed by atoms with van der Waals surface area (Å²) in [6.45, 7) is 1.78. The van der Waals surface area contributed by atoms with E-state index in [-0.39, 0.29) is 23.5 Å². The fraction of sp³-hybridized carbons (Fsp3) is 0.300. The zero-order valence-corrected chi connectivity index (χ0v) is 16.9. The van der Waals surface area contributed by atoms with Gasteiger partial charge in [0.05, 0.1) is 24.7 Å². The second-order valence-electron chi connectivity index (χ2n) is 6.87. The molecule has 0 aromatic heterocycles. The molecular weight excluding hydrogens is 410 g/mol. The van der Waals surface area contributed by atoms with Crippen molar-refractivity contribution in [2.45, 2.75) is 11.3 Å². The highest BCUT2D eigenvalue weighted by Crippen LogP contribution is 2.25. The average molecular weight is 431 g/mol. The molecule has 1 fully saturated rings. The van der Waals surface area contributed by atoms with Gasteiger partial charge in [0, 0.05) is 30.6 Å². The first-order chi connectivity index (χ1) is 14.4. The summed E-state index contributed by atoms with van der Waals surface area (Å²) >= 11 is 0. The third-order valence-corrected chi connectivity index (χ3v) is 6.84. The van der Waals surface area contributed by atoms with Crippen molar-refractivity contribution >= 4 is 21.8 Å². The summed E-state index contributed by atoms with van der Waals surface area (Å²) in [7, 11) is -3.72. The van der Waals surface area contributed by atoms with Gasteiger partial charge in [0.2, 0.25) is 10.0 Å². The predicted molar refractivity (Wildman–Crippen MR) is 107 cm³/mol. The SMILES string of the molecule is O=C(NNC(=O)c1ccc2c(c1)CCO2)c1cccc(S(=O)(=O)N2CCOCC2)c1. The second kappa shape index (κ2) is 8.42. The largest absolute Gasteiger partial charge is 0.493 e. The number of nitrogens with zero attached hydrogens (tertiary/aromatic N) is 1. The number of ether oxygens (including phenoxy) is 2. The Morgan fingerprint density at radius 2 is 1.60 bits per heavy atom. The molecule has 10 heteroatoms. The van der Waals surface area contributed by atoms with E-state index in [1.807, 2.05) is 0 Å². The maximum absolute atomic E-state index is 12.8. The smallest absolute Gasteiger partial charge is 0.269 e. The van der Waals surface area contributed by atoms with Gasteiger partial charge in [-0.05, 0) is 42.0 Å². The quantitative estimate of drug-likeness (QED) is 0.690. The van der Waals surface area contributed by atoms with Crippen molar-refractivity contribution in [1.29, 1.82) is 0 Å². The molecule has 0 saturated carbocycles. The van der Waals surface area contributed by atoms with Crippen LogP contribution in [-0.2, 0) is 21.2 Å². The summed E-state index contributed by atoms with van der Waals surface area (Å²) in [6, 6.07) is 10.8. The van der Waals surface area contributed by atoms with Gasteiger partial charge in [0.15, 0.2) is 0 Å². The molecule has 158 valence electrons. The maximum atomic E-state index is 12.8. The number of hydrazine groups is 1. The monoisotopic (exact) mass is 431 g/mol. The van der Waals surface area contributed by atoms with Crippen LogP contribution in [0.15, 0.2) is 47.4 Å². The van der Waals surface area contributed by atoms with E-state index in [1.54, 1.807) is 18.2 Å². The molecular formula is C20H21N3O6S. The summed E-state index contributed by atoms with van der Waals surface area (Å²) in [5, 5.41) is 0. The van der Waals surface area contributed by atoms with E-state index in [4.69, 9.17) is 9.47 Å². The zero-order valence-electron chi connectivity index (χ0n) is 16.1. The van der Waals surface area contributed by atoms with Gasteiger partial charge in [-0.25, -0.2) is 8.42 Å². The Bertz CT molecular complexity index is 1080. The van der Waals surface area contributed by atoms with Crippen LogP contribution in [0.25, 0.3) is 0 Å². The minimum atomic E-state index is -3.72. The van der Waals surface area contributed by atoms with Gasteiger partial charge < -0.3 is 9.47 Å². The van der Waals surface area contributed by atoms with E-state index in [1.165, 1.54) is 28.6 Å². The lowest BCUT2D eigenvalue weighted by Crippen LogP contribution is -2.42. The van der Waals surface area contributed by atoms with Crippen LogP contribution in [-0.4, -0.2) is 57.4 Å². The second-order valence-corrected chi connectivity index (χ2v) is 8.81. The van der Waals surface area contributed by atoms with Gasteiger partial charge in [0.1, 0.15) is 5.75 Å². The van der Waals surface area contributed by atoms with Gasteiger partial charge in [-0.2, -0.15) is 4.31 Å².